The fraction of sp³-hybridized carbons (Fsp3) is 0.667. The standard InChI is InChI=1S/C9H13Cl2N5O/c10-7-8(13-9(11)15-14-7)12-1-2-16-3-5-17-6-4-16/h1-6H2,(H,12,13,15). The zero-order chi connectivity index (χ0) is 12.1. The number of nitrogens with one attached hydrogen (secondary N) is 1. The molecule has 2 heterocycles. The second kappa shape index (κ2) is 6.30. The Morgan fingerprint density at radius 3 is 2.76 bits per heavy atom. The van der Waals surface area contributed by atoms with Gasteiger partial charge in [0.25, 0.3) is 0 Å². The van der Waals surface area contributed by atoms with Gasteiger partial charge in [-0.25, -0.2) is 0 Å². The summed E-state index contributed by atoms with van der Waals surface area (Å²) in [5, 5.41) is 10.6. The molecule has 0 amide bonds. The van der Waals surface area contributed by atoms with Crippen LogP contribution in [0.25, 0.3) is 0 Å². The molecule has 0 atom stereocenters. The van der Waals surface area contributed by atoms with E-state index in [1.807, 2.05) is 0 Å². The van der Waals surface area contributed by atoms with Gasteiger partial charge in [-0.1, -0.05) is 11.6 Å². The molecular weight excluding hydrogens is 265 g/mol. The SMILES string of the molecule is Clc1nnc(Cl)c(NCCN2CCOCC2)n1. The number of rotatable bonds is 4. The van der Waals surface area contributed by atoms with E-state index in [-0.39, 0.29) is 10.4 Å². The van der Waals surface area contributed by atoms with Crippen LogP contribution in [0.2, 0.25) is 10.4 Å². The normalized spacial score (nSPS) is 17.1. The summed E-state index contributed by atoms with van der Waals surface area (Å²) in [6.45, 7) is 5.13. The van der Waals surface area contributed by atoms with Crippen LogP contribution in [0.4, 0.5) is 5.82 Å². The van der Waals surface area contributed by atoms with Crippen molar-refractivity contribution < 1.29 is 4.74 Å². The van der Waals surface area contributed by atoms with E-state index < -0.39 is 0 Å². The smallest absolute Gasteiger partial charge is 0.245 e. The number of anilines is 1. The van der Waals surface area contributed by atoms with Crippen LogP contribution < -0.4 is 5.32 Å². The van der Waals surface area contributed by atoms with Crippen molar-refractivity contribution in [2.75, 3.05) is 44.7 Å². The molecule has 0 bridgehead atoms. The van der Waals surface area contributed by atoms with Crippen molar-refractivity contribution in [2.45, 2.75) is 0 Å². The first-order valence-electron chi connectivity index (χ1n) is 5.35. The first-order chi connectivity index (χ1) is 8.25. The fourth-order valence-corrected chi connectivity index (χ4v) is 1.83. The molecule has 1 saturated heterocycles. The number of hydrogen-bond acceptors (Lipinski definition) is 6. The van der Waals surface area contributed by atoms with Crippen molar-refractivity contribution in [1.29, 1.82) is 0 Å². The van der Waals surface area contributed by atoms with Gasteiger partial charge in [-0.2, -0.15) is 4.98 Å². The lowest BCUT2D eigenvalue weighted by Crippen LogP contribution is -2.39. The molecule has 1 aromatic rings. The number of hydrogen-bond donors (Lipinski definition) is 1. The average molecular weight is 278 g/mol. The Hall–Kier alpha value is -0.690. The van der Waals surface area contributed by atoms with Gasteiger partial charge in [-0.05, 0) is 11.6 Å². The predicted molar refractivity (Wildman–Crippen MR) is 65.6 cm³/mol. The molecule has 0 aromatic carbocycles. The van der Waals surface area contributed by atoms with E-state index in [0.29, 0.717) is 5.82 Å². The largest absolute Gasteiger partial charge is 0.379 e. The Morgan fingerprint density at radius 2 is 2.00 bits per heavy atom. The molecule has 1 fully saturated rings. The van der Waals surface area contributed by atoms with Crippen LogP contribution >= 0.6 is 23.2 Å². The van der Waals surface area contributed by atoms with E-state index in [9.17, 15) is 0 Å². The monoisotopic (exact) mass is 277 g/mol. The first-order valence-corrected chi connectivity index (χ1v) is 6.11. The summed E-state index contributed by atoms with van der Waals surface area (Å²) in [4.78, 5) is 6.27. The molecule has 1 aliphatic heterocycles. The highest BCUT2D eigenvalue weighted by Crippen LogP contribution is 2.15. The Bertz CT molecular complexity index is 372. The predicted octanol–water partition coefficient (Wildman–Crippen LogP) is 0.922. The summed E-state index contributed by atoms with van der Waals surface area (Å²) in [5.74, 6) is 0.472. The summed E-state index contributed by atoms with van der Waals surface area (Å²) in [6, 6.07) is 0. The Morgan fingerprint density at radius 1 is 1.24 bits per heavy atom. The molecule has 0 unspecified atom stereocenters. The van der Waals surface area contributed by atoms with Gasteiger partial charge in [0.05, 0.1) is 13.2 Å². The topological polar surface area (TPSA) is 63.2 Å². The van der Waals surface area contributed by atoms with Crippen molar-refractivity contribution in [3.63, 3.8) is 0 Å². The van der Waals surface area contributed by atoms with Crippen LogP contribution in [0.5, 0.6) is 0 Å². The van der Waals surface area contributed by atoms with Gasteiger partial charge in [-0.15, -0.1) is 10.2 Å². The van der Waals surface area contributed by atoms with Gasteiger partial charge in [0.1, 0.15) is 0 Å². The highest BCUT2D eigenvalue weighted by Gasteiger charge is 2.10. The maximum atomic E-state index is 5.83. The van der Waals surface area contributed by atoms with Crippen molar-refractivity contribution in [3.8, 4) is 0 Å². The summed E-state index contributed by atoms with van der Waals surface area (Å²) in [7, 11) is 0. The molecule has 1 aromatic heterocycles. The van der Waals surface area contributed by atoms with Crippen molar-refractivity contribution in [1.82, 2.24) is 20.1 Å². The molecule has 0 radical (unpaired) electrons. The average Bonchev–Trinajstić information content (AvgIpc) is 2.35. The fourth-order valence-electron chi connectivity index (χ4n) is 1.56. The van der Waals surface area contributed by atoms with E-state index in [4.69, 9.17) is 27.9 Å². The molecule has 8 heteroatoms. The van der Waals surface area contributed by atoms with E-state index in [0.717, 1.165) is 39.4 Å². The van der Waals surface area contributed by atoms with Crippen molar-refractivity contribution in [2.24, 2.45) is 0 Å². The minimum Gasteiger partial charge on any atom is -0.379 e. The molecule has 0 saturated carbocycles. The minimum absolute atomic E-state index is 0.0864. The molecule has 0 aliphatic carbocycles. The first kappa shape index (κ1) is 12.8. The number of nitrogens with zero attached hydrogens (tertiary/aromatic N) is 4. The van der Waals surface area contributed by atoms with Gasteiger partial charge < -0.3 is 10.1 Å². The van der Waals surface area contributed by atoms with Crippen LogP contribution in [0.15, 0.2) is 0 Å². The lowest BCUT2D eigenvalue weighted by atomic mass is 10.4. The van der Waals surface area contributed by atoms with Crippen LogP contribution in [0.3, 0.4) is 0 Å². The maximum Gasteiger partial charge on any atom is 0.245 e. The van der Waals surface area contributed by atoms with Gasteiger partial charge in [0.2, 0.25) is 5.28 Å². The summed E-state index contributed by atoms with van der Waals surface area (Å²) in [5.41, 5.74) is 0. The number of halogens is 2. The lowest BCUT2D eigenvalue weighted by Gasteiger charge is -2.26. The molecule has 94 valence electrons. The quantitative estimate of drug-likeness (QED) is 0.883. The highest BCUT2D eigenvalue weighted by molar-refractivity contribution is 6.32. The minimum atomic E-state index is 0.0864. The second-order valence-electron chi connectivity index (χ2n) is 3.60. The van der Waals surface area contributed by atoms with E-state index >= 15 is 0 Å². The third-order valence-corrected chi connectivity index (χ3v) is 2.86. The van der Waals surface area contributed by atoms with Gasteiger partial charge in [-0.3, -0.25) is 4.90 Å². The van der Waals surface area contributed by atoms with E-state index in [1.165, 1.54) is 0 Å². The maximum absolute atomic E-state index is 5.83. The number of ether oxygens (including phenoxy) is 1. The molecular formula is C9H13Cl2N5O. The van der Waals surface area contributed by atoms with E-state index in [1.54, 1.807) is 0 Å². The van der Waals surface area contributed by atoms with E-state index in [2.05, 4.69) is 25.4 Å². The third-order valence-electron chi connectivity index (χ3n) is 2.44. The van der Waals surface area contributed by atoms with Crippen LogP contribution in [-0.2, 0) is 4.74 Å². The third kappa shape index (κ3) is 3.92. The van der Waals surface area contributed by atoms with Crippen LogP contribution in [0, 0.1) is 0 Å². The number of morpholine rings is 1. The molecule has 1 N–H and O–H groups in total. The Kier molecular flexibility index (Phi) is 4.73. The molecule has 2 rings (SSSR count). The second-order valence-corrected chi connectivity index (χ2v) is 4.30. The molecule has 17 heavy (non-hydrogen) atoms. The summed E-state index contributed by atoms with van der Waals surface area (Å²) < 4.78 is 5.27. The Balaban J connectivity index is 1.79. The zero-order valence-corrected chi connectivity index (χ0v) is 10.7. The summed E-state index contributed by atoms with van der Waals surface area (Å²) >= 11 is 11.5. The van der Waals surface area contributed by atoms with Crippen LogP contribution in [-0.4, -0.2) is 59.5 Å². The lowest BCUT2D eigenvalue weighted by molar-refractivity contribution is 0.0398. The molecule has 6 nitrogen and oxygen atoms in total. The van der Waals surface area contributed by atoms with Crippen LogP contribution in [0.1, 0.15) is 0 Å². The molecule has 0 spiro atoms. The van der Waals surface area contributed by atoms with Crippen molar-refractivity contribution in [3.05, 3.63) is 10.4 Å². The van der Waals surface area contributed by atoms with Gasteiger partial charge >= 0.3 is 0 Å². The zero-order valence-electron chi connectivity index (χ0n) is 9.20. The Labute approximate surface area is 109 Å². The van der Waals surface area contributed by atoms with Gasteiger partial charge in [0, 0.05) is 26.2 Å². The molecule has 1 aliphatic rings. The van der Waals surface area contributed by atoms with Crippen molar-refractivity contribution >= 4 is 29.0 Å². The number of aromatic nitrogens is 3. The van der Waals surface area contributed by atoms with Gasteiger partial charge in [0.15, 0.2) is 11.0 Å². The highest BCUT2D eigenvalue weighted by atomic mass is 35.5. The summed E-state index contributed by atoms with van der Waals surface area (Å²) in [6.07, 6.45) is 0.